The maximum Gasteiger partial charge on any atom is 0.128 e. The highest BCUT2D eigenvalue weighted by Crippen LogP contribution is 2.27. The molecule has 0 bridgehead atoms. The summed E-state index contributed by atoms with van der Waals surface area (Å²) in [6.45, 7) is 7.60. The number of benzene rings is 1. The van der Waals surface area contributed by atoms with E-state index in [2.05, 4.69) is 29.0 Å². The van der Waals surface area contributed by atoms with Crippen LogP contribution in [0.15, 0.2) is 30.5 Å². The average Bonchev–Trinajstić information content (AvgIpc) is 2.84. The Labute approximate surface area is 120 Å². The van der Waals surface area contributed by atoms with E-state index in [-0.39, 0.29) is 5.41 Å². The lowest BCUT2D eigenvalue weighted by Gasteiger charge is -2.15. The summed E-state index contributed by atoms with van der Waals surface area (Å²) in [6.07, 6.45) is 4.02. The van der Waals surface area contributed by atoms with Crippen LogP contribution >= 0.6 is 0 Å². The van der Waals surface area contributed by atoms with E-state index in [9.17, 15) is 0 Å². The second-order valence-corrected chi connectivity index (χ2v) is 5.73. The van der Waals surface area contributed by atoms with Gasteiger partial charge in [0, 0.05) is 18.1 Å². The summed E-state index contributed by atoms with van der Waals surface area (Å²) in [4.78, 5) is 0. The first kappa shape index (κ1) is 14.5. The normalized spacial score (nSPS) is 11.5. The first-order valence-corrected chi connectivity index (χ1v) is 7.19. The number of ether oxygens (including phenoxy) is 1. The molecule has 3 heteroatoms. The third-order valence-corrected chi connectivity index (χ3v) is 3.58. The minimum Gasteiger partial charge on any atom is -0.493 e. The second-order valence-electron chi connectivity index (χ2n) is 5.73. The molecule has 0 aliphatic heterocycles. The van der Waals surface area contributed by atoms with Crippen LogP contribution in [0.3, 0.4) is 0 Å². The van der Waals surface area contributed by atoms with Crippen LogP contribution in [0.4, 0.5) is 0 Å². The quantitative estimate of drug-likeness (QED) is 0.781. The van der Waals surface area contributed by atoms with Gasteiger partial charge in [0.05, 0.1) is 23.6 Å². The molecule has 0 spiro atoms. The minimum atomic E-state index is -0.237. The molecule has 0 unspecified atom stereocenters. The van der Waals surface area contributed by atoms with Gasteiger partial charge in [-0.3, -0.25) is 0 Å². The Morgan fingerprint density at radius 1 is 1.30 bits per heavy atom. The van der Waals surface area contributed by atoms with Gasteiger partial charge in [0.15, 0.2) is 0 Å². The third kappa shape index (κ3) is 3.14. The number of hydrogen-bond donors (Lipinski definition) is 0. The van der Waals surface area contributed by atoms with E-state index < -0.39 is 0 Å². The van der Waals surface area contributed by atoms with Crippen molar-refractivity contribution in [2.24, 2.45) is 5.41 Å². The van der Waals surface area contributed by atoms with Crippen molar-refractivity contribution in [1.29, 1.82) is 5.26 Å². The van der Waals surface area contributed by atoms with Crippen molar-refractivity contribution in [3.63, 3.8) is 0 Å². The molecule has 0 aliphatic rings. The Bertz CT molecular complexity index is 619. The standard InChI is InChI=1S/C17H22N2O/c1-4-20-16-8-5-7-15-14(16)9-12-19(15)11-6-10-17(2,3)13-18/h5,7-9,12H,4,6,10-11H2,1-3H3. The van der Waals surface area contributed by atoms with Gasteiger partial charge in [-0.1, -0.05) is 6.07 Å². The average molecular weight is 270 g/mol. The molecule has 0 saturated carbocycles. The molecule has 0 aliphatic carbocycles. The predicted molar refractivity (Wildman–Crippen MR) is 81.7 cm³/mol. The molecule has 106 valence electrons. The highest BCUT2D eigenvalue weighted by atomic mass is 16.5. The Morgan fingerprint density at radius 2 is 2.10 bits per heavy atom. The van der Waals surface area contributed by atoms with Gasteiger partial charge in [0.25, 0.3) is 0 Å². The lowest BCUT2D eigenvalue weighted by molar-refractivity contribution is 0.344. The molecule has 0 radical (unpaired) electrons. The van der Waals surface area contributed by atoms with Gasteiger partial charge in [-0.25, -0.2) is 0 Å². The molecule has 0 saturated heterocycles. The molecule has 2 aromatic rings. The molecule has 1 aromatic carbocycles. The van der Waals surface area contributed by atoms with E-state index in [1.165, 1.54) is 5.52 Å². The predicted octanol–water partition coefficient (Wildman–Crippen LogP) is 4.37. The molecule has 0 amide bonds. The maximum absolute atomic E-state index is 9.05. The molecule has 0 fully saturated rings. The molecule has 1 aromatic heterocycles. The molecule has 0 N–H and O–H groups in total. The highest BCUT2D eigenvalue weighted by Gasteiger charge is 2.16. The number of nitriles is 1. The van der Waals surface area contributed by atoms with Gasteiger partial charge in [-0.2, -0.15) is 5.26 Å². The van der Waals surface area contributed by atoms with Crippen LogP contribution in [0.5, 0.6) is 5.75 Å². The SMILES string of the molecule is CCOc1cccc2c1ccn2CCCC(C)(C)C#N. The fraction of sp³-hybridized carbons (Fsp3) is 0.471. The van der Waals surface area contributed by atoms with E-state index in [1.807, 2.05) is 32.9 Å². The topological polar surface area (TPSA) is 38.0 Å². The fourth-order valence-electron chi connectivity index (χ4n) is 2.42. The summed E-state index contributed by atoms with van der Waals surface area (Å²) >= 11 is 0. The molecule has 3 nitrogen and oxygen atoms in total. The summed E-state index contributed by atoms with van der Waals surface area (Å²) in [5.74, 6) is 0.945. The molecule has 2 rings (SSSR count). The van der Waals surface area contributed by atoms with Gasteiger partial charge >= 0.3 is 0 Å². The monoisotopic (exact) mass is 270 g/mol. The smallest absolute Gasteiger partial charge is 0.128 e. The van der Waals surface area contributed by atoms with Crippen LogP contribution in [0, 0.1) is 16.7 Å². The summed E-state index contributed by atoms with van der Waals surface area (Å²) < 4.78 is 7.89. The number of hydrogen-bond acceptors (Lipinski definition) is 2. The lowest BCUT2D eigenvalue weighted by atomic mass is 9.90. The summed E-state index contributed by atoms with van der Waals surface area (Å²) in [5.41, 5.74) is 0.963. The van der Waals surface area contributed by atoms with E-state index in [0.29, 0.717) is 6.61 Å². The van der Waals surface area contributed by atoms with Crippen LogP contribution in [-0.4, -0.2) is 11.2 Å². The Balaban J connectivity index is 2.12. The zero-order chi connectivity index (χ0) is 14.6. The minimum absolute atomic E-state index is 0.237. The van der Waals surface area contributed by atoms with Crippen molar-refractivity contribution >= 4 is 10.9 Å². The van der Waals surface area contributed by atoms with E-state index >= 15 is 0 Å². The van der Waals surface area contributed by atoms with Crippen molar-refractivity contribution in [3.8, 4) is 11.8 Å². The second kappa shape index (κ2) is 6.00. The van der Waals surface area contributed by atoms with Crippen LogP contribution in [0.1, 0.15) is 33.6 Å². The van der Waals surface area contributed by atoms with Crippen molar-refractivity contribution in [2.45, 2.75) is 40.2 Å². The molecule has 20 heavy (non-hydrogen) atoms. The molecule has 1 heterocycles. The number of rotatable bonds is 6. The van der Waals surface area contributed by atoms with Crippen LogP contribution in [0.25, 0.3) is 10.9 Å². The molecular formula is C17H22N2O. The zero-order valence-electron chi connectivity index (χ0n) is 12.5. The molecule has 0 atom stereocenters. The van der Waals surface area contributed by atoms with Gasteiger partial charge in [0.2, 0.25) is 0 Å². The lowest BCUT2D eigenvalue weighted by Crippen LogP contribution is -2.09. The van der Waals surface area contributed by atoms with Crippen LogP contribution in [-0.2, 0) is 6.54 Å². The van der Waals surface area contributed by atoms with Gasteiger partial charge in [-0.05, 0) is 51.8 Å². The van der Waals surface area contributed by atoms with Crippen molar-refractivity contribution in [2.75, 3.05) is 6.61 Å². The Hall–Kier alpha value is -1.95. The number of aryl methyl sites for hydroxylation is 1. The molecular weight excluding hydrogens is 248 g/mol. The first-order chi connectivity index (χ1) is 9.57. The summed E-state index contributed by atoms with van der Waals surface area (Å²) in [6, 6.07) is 10.6. The Morgan fingerprint density at radius 3 is 2.80 bits per heavy atom. The van der Waals surface area contributed by atoms with Gasteiger partial charge in [0.1, 0.15) is 5.75 Å². The van der Waals surface area contributed by atoms with Gasteiger partial charge < -0.3 is 9.30 Å². The largest absolute Gasteiger partial charge is 0.493 e. The fourth-order valence-corrected chi connectivity index (χ4v) is 2.42. The van der Waals surface area contributed by atoms with Crippen molar-refractivity contribution < 1.29 is 4.74 Å². The van der Waals surface area contributed by atoms with Crippen molar-refractivity contribution in [1.82, 2.24) is 4.57 Å². The van der Waals surface area contributed by atoms with Crippen LogP contribution < -0.4 is 4.74 Å². The number of nitrogens with zero attached hydrogens (tertiary/aromatic N) is 2. The van der Waals surface area contributed by atoms with Crippen molar-refractivity contribution in [3.05, 3.63) is 30.5 Å². The maximum atomic E-state index is 9.05. The first-order valence-electron chi connectivity index (χ1n) is 7.19. The third-order valence-electron chi connectivity index (χ3n) is 3.58. The Kier molecular flexibility index (Phi) is 4.34. The van der Waals surface area contributed by atoms with E-state index in [1.54, 1.807) is 0 Å². The number of aromatic nitrogens is 1. The van der Waals surface area contributed by atoms with E-state index in [0.717, 1.165) is 30.5 Å². The summed E-state index contributed by atoms with van der Waals surface area (Å²) in [5, 5.41) is 10.2. The van der Waals surface area contributed by atoms with Crippen LogP contribution in [0.2, 0.25) is 0 Å². The van der Waals surface area contributed by atoms with Gasteiger partial charge in [-0.15, -0.1) is 0 Å². The highest BCUT2D eigenvalue weighted by molar-refractivity contribution is 5.86. The number of fused-ring (bicyclic) bond motifs is 1. The van der Waals surface area contributed by atoms with E-state index in [4.69, 9.17) is 10.00 Å². The summed E-state index contributed by atoms with van der Waals surface area (Å²) in [7, 11) is 0. The zero-order valence-corrected chi connectivity index (χ0v) is 12.5.